The van der Waals surface area contributed by atoms with Crippen LogP contribution >= 0.6 is 0 Å². The molecule has 0 saturated carbocycles. The molecule has 0 aromatic rings. The first kappa shape index (κ1) is 15.9. The van der Waals surface area contributed by atoms with Gasteiger partial charge in [0.1, 0.15) is 6.04 Å². The molecule has 0 aliphatic rings. The molecule has 4 N–H and O–H groups in total. The molecule has 1 amide bonds. The van der Waals surface area contributed by atoms with Crippen molar-refractivity contribution in [2.75, 3.05) is 0 Å². The van der Waals surface area contributed by atoms with Crippen molar-refractivity contribution in [2.45, 2.75) is 52.6 Å². The lowest BCUT2D eigenvalue weighted by molar-refractivity contribution is -0.143. The minimum absolute atomic E-state index is 0.109. The van der Waals surface area contributed by atoms with Crippen molar-refractivity contribution in [2.24, 2.45) is 17.6 Å². The van der Waals surface area contributed by atoms with Gasteiger partial charge in [-0.05, 0) is 18.3 Å². The Balaban J connectivity index is 4.45. The van der Waals surface area contributed by atoms with E-state index in [1.165, 1.54) is 0 Å². The fourth-order valence-corrected chi connectivity index (χ4v) is 1.56. The van der Waals surface area contributed by atoms with Crippen molar-refractivity contribution in [3.63, 3.8) is 0 Å². The largest absolute Gasteiger partial charge is 0.480 e. The van der Waals surface area contributed by atoms with Crippen LogP contribution in [0.4, 0.5) is 0 Å². The van der Waals surface area contributed by atoms with Crippen LogP contribution in [0.15, 0.2) is 0 Å². The zero-order valence-electron chi connectivity index (χ0n) is 11.1. The van der Waals surface area contributed by atoms with Crippen molar-refractivity contribution in [1.82, 2.24) is 5.32 Å². The Morgan fingerprint density at radius 1 is 1.29 bits per heavy atom. The predicted octanol–water partition coefficient (Wildman–Crippen LogP) is 0.975. The number of hydrogen-bond donors (Lipinski definition) is 3. The van der Waals surface area contributed by atoms with Gasteiger partial charge < -0.3 is 16.2 Å². The topological polar surface area (TPSA) is 92.4 Å². The van der Waals surface area contributed by atoms with Gasteiger partial charge in [-0.2, -0.15) is 0 Å². The Morgan fingerprint density at radius 3 is 2.18 bits per heavy atom. The first-order valence-electron chi connectivity index (χ1n) is 6.08. The third kappa shape index (κ3) is 5.68. The number of carboxylic acid groups (broad SMARTS) is 1. The summed E-state index contributed by atoms with van der Waals surface area (Å²) >= 11 is 0. The van der Waals surface area contributed by atoms with E-state index in [9.17, 15) is 9.59 Å². The molecular formula is C12H24N2O3. The van der Waals surface area contributed by atoms with Crippen LogP contribution in [0.5, 0.6) is 0 Å². The van der Waals surface area contributed by atoms with Crippen LogP contribution in [-0.4, -0.2) is 29.1 Å². The molecule has 0 heterocycles. The Morgan fingerprint density at radius 2 is 1.82 bits per heavy atom. The number of carbonyl (C=O) groups is 2. The number of rotatable bonds is 7. The third-order valence-electron chi connectivity index (χ3n) is 2.84. The molecule has 0 saturated heterocycles. The molecule has 5 heteroatoms. The average molecular weight is 244 g/mol. The van der Waals surface area contributed by atoms with Gasteiger partial charge in [0.15, 0.2) is 0 Å². The van der Waals surface area contributed by atoms with Crippen LogP contribution in [0.1, 0.15) is 40.5 Å². The van der Waals surface area contributed by atoms with Gasteiger partial charge in [-0.15, -0.1) is 0 Å². The Bertz CT molecular complexity index is 266. The van der Waals surface area contributed by atoms with E-state index in [1.807, 2.05) is 20.8 Å². The van der Waals surface area contributed by atoms with Gasteiger partial charge in [-0.25, -0.2) is 4.79 Å². The predicted molar refractivity (Wildman–Crippen MR) is 66.5 cm³/mol. The fourth-order valence-electron chi connectivity index (χ4n) is 1.56. The van der Waals surface area contributed by atoms with E-state index in [0.29, 0.717) is 18.8 Å². The molecule has 0 fully saturated rings. The summed E-state index contributed by atoms with van der Waals surface area (Å²) in [5.41, 5.74) is 5.70. The molecule has 0 aromatic carbocycles. The molecule has 0 radical (unpaired) electrons. The molecule has 5 nitrogen and oxygen atoms in total. The minimum Gasteiger partial charge on any atom is -0.480 e. The standard InChI is InChI=1S/C12H24N2O3/c1-5-8(4)10(12(16)17)14-11(15)9(13)6-7(2)3/h7-10H,5-6,13H2,1-4H3,(H,14,15)(H,16,17)/t8-,9+,10-/m0/s1. The maximum absolute atomic E-state index is 11.7. The maximum Gasteiger partial charge on any atom is 0.326 e. The van der Waals surface area contributed by atoms with E-state index >= 15 is 0 Å². The van der Waals surface area contributed by atoms with Gasteiger partial charge in [0.25, 0.3) is 0 Å². The van der Waals surface area contributed by atoms with E-state index in [2.05, 4.69) is 5.32 Å². The first-order valence-corrected chi connectivity index (χ1v) is 6.08. The summed E-state index contributed by atoms with van der Waals surface area (Å²) in [4.78, 5) is 22.7. The van der Waals surface area contributed by atoms with E-state index in [-0.39, 0.29) is 11.8 Å². The van der Waals surface area contributed by atoms with Gasteiger partial charge in [0.05, 0.1) is 6.04 Å². The van der Waals surface area contributed by atoms with E-state index in [4.69, 9.17) is 10.8 Å². The zero-order valence-corrected chi connectivity index (χ0v) is 11.1. The Hall–Kier alpha value is -1.10. The highest BCUT2D eigenvalue weighted by molar-refractivity contribution is 5.86. The second-order valence-electron chi connectivity index (χ2n) is 4.95. The summed E-state index contributed by atoms with van der Waals surface area (Å²) in [6, 6.07) is -1.49. The molecule has 0 aromatic heterocycles. The summed E-state index contributed by atoms with van der Waals surface area (Å²) in [5.74, 6) is -1.19. The van der Waals surface area contributed by atoms with Crippen molar-refractivity contribution >= 4 is 11.9 Å². The molecule has 3 atom stereocenters. The summed E-state index contributed by atoms with van der Waals surface area (Å²) in [6.45, 7) is 7.63. The van der Waals surface area contributed by atoms with Crippen LogP contribution in [0.3, 0.4) is 0 Å². The number of aliphatic carboxylic acids is 1. The molecule has 0 rings (SSSR count). The number of nitrogens with one attached hydrogen (secondary N) is 1. The van der Waals surface area contributed by atoms with Crippen molar-refractivity contribution in [1.29, 1.82) is 0 Å². The molecule has 100 valence electrons. The molecule has 0 aliphatic carbocycles. The average Bonchev–Trinajstić information content (AvgIpc) is 2.22. The SMILES string of the molecule is CC[C@H](C)[C@H](NC(=O)[C@H](N)CC(C)C)C(=O)O. The van der Waals surface area contributed by atoms with E-state index in [0.717, 1.165) is 0 Å². The second-order valence-corrected chi connectivity index (χ2v) is 4.95. The normalized spacial score (nSPS) is 16.4. The minimum atomic E-state index is -1.01. The van der Waals surface area contributed by atoms with E-state index < -0.39 is 18.1 Å². The van der Waals surface area contributed by atoms with Gasteiger partial charge in [-0.1, -0.05) is 34.1 Å². The van der Waals surface area contributed by atoms with Crippen molar-refractivity contribution in [3.05, 3.63) is 0 Å². The highest BCUT2D eigenvalue weighted by atomic mass is 16.4. The number of carboxylic acids is 1. The van der Waals surface area contributed by atoms with Crippen LogP contribution < -0.4 is 11.1 Å². The quantitative estimate of drug-likeness (QED) is 0.622. The van der Waals surface area contributed by atoms with Crippen LogP contribution in [0.25, 0.3) is 0 Å². The second kappa shape index (κ2) is 7.27. The van der Waals surface area contributed by atoms with Gasteiger partial charge >= 0.3 is 5.97 Å². The molecule has 0 aliphatic heterocycles. The Labute approximate surface area is 103 Å². The van der Waals surface area contributed by atoms with Crippen molar-refractivity contribution in [3.8, 4) is 0 Å². The summed E-state index contributed by atoms with van der Waals surface area (Å²) in [5, 5.41) is 11.5. The highest BCUT2D eigenvalue weighted by Gasteiger charge is 2.27. The summed E-state index contributed by atoms with van der Waals surface area (Å²) in [6.07, 6.45) is 1.25. The number of carbonyl (C=O) groups excluding carboxylic acids is 1. The zero-order chi connectivity index (χ0) is 13.6. The summed E-state index contributed by atoms with van der Waals surface area (Å²) in [7, 11) is 0. The monoisotopic (exact) mass is 244 g/mol. The molecule has 0 bridgehead atoms. The lowest BCUT2D eigenvalue weighted by Gasteiger charge is -2.22. The van der Waals surface area contributed by atoms with Gasteiger partial charge in [-0.3, -0.25) is 4.79 Å². The van der Waals surface area contributed by atoms with Crippen LogP contribution in [-0.2, 0) is 9.59 Å². The van der Waals surface area contributed by atoms with Crippen molar-refractivity contribution < 1.29 is 14.7 Å². The molecule has 0 unspecified atom stereocenters. The highest BCUT2D eigenvalue weighted by Crippen LogP contribution is 2.09. The van der Waals surface area contributed by atoms with Crippen LogP contribution in [0.2, 0.25) is 0 Å². The van der Waals surface area contributed by atoms with Gasteiger partial charge in [0, 0.05) is 0 Å². The molecular weight excluding hydrogens is 220 g/mol. The Kier molecular flexibility index (Phi) is 6.80. The number of nitrogens with two attached hydrogens (primary N) is 1. The first-order chi connectivity index (χ1) is 7.79. The van der Waals surface area contributed by atoms with E-state index in [1.54, 1.807) is 6.92 Å². The number of amides is 1. The lowest BCUT2D eigenvalue weighted by Crippen LogP contribution is -2.51. The molecule has 17 heavy (non-hydrogen) atoms. The molecule has 0 spiro atoms. The van der Waals surface area contributed by atoms with Crippen LogP contribution in [0, 0.1) is 11.8 Å². The summed E-state index contributed by atoms with van der Waals surface area (Å²) < 4.78 is 0. The third-order valence-corrected chi connectivity index (χ3v) is 2.84. The lowest BCUT2D eigenvalue weighted by atomic mass is 9.98. The smallest absolute Gasteiger partial charge is 0.326 e. The maximum atomic E-state index is 11.7. The van der Waals surface area contributed by atoms with Gasteiger partial charge in [0.2, 0.25) is 5.91 Å². The fraction of sp³-hybridized carbons (Fsp3) is 0.833. The number of hydrogen-bond acceptors (Lipinski definition) is 3.